The van der Waals surface area contributed by atoms with Crippen LogP contribution in [0.3, 0.4) is 0 Å². The van der Waals surface area contributed by atoms with Gasteiger partial charge in [-0.05, 0) is 25.0 Å². The molecule has 0 aliphatic heterocycles. The summed E-state index contributed by atoms with van der Waals surface area (Å²) in [7, 11) is 0. The molecule has 3 aromatic heterocycles. The molecule has 3 aromatic rings. The minimum Gasteiger partial charge on any atom is -0.448 e. The van der Waals surface area contributed by atoms with Crippen molar-refractivity contribution in [3.8, 4) is 0 Å². The third-order valence-corrected chi connectivity index (χ3v) is 3.70. The number of aromatic nitrogens is 3. The predicted octanol–water partition coefficient (Wildman–Crippen LogP) is 2.36. The van der Waals surface area contributed by atoms with Crippen LogP contribution in [0.25, 0.3) is 10.9 Å². The molecule has 3 heterocycles. The average molecular weight is 282 g/mol. The van der Waals surface area contributed by atoms with E-state index in [9.17, 15) is 4.79 Å². The lowest BCUT2D eigenvalue weighted by molar-refractivity contribution is 0.0946. The van der Waals surface area contributed by atoms with Crippen molar-refractivity contribution < 1.29 is 9.21 Å². The van der Waals surface area contributed by atoms with Gasteiger partial charge in [-0.3, -0.25) is 9.78 Å². The number of H-pyrrole nitrogens is 1. The third-order valence-electron chi connectivity index (χ3n) is 3.70. The number of oxazole rings is 1. The molecule has 0 atom stereocenters. The van der Waals surface area contributed by atoms with Crippen LogP contribution in [0.4, 0.5) is 0 Å². The van der Waals surface area contributed by atoms with Crippen molar-refractivity contribution in [2.24, 2.45) is 0 Å². The van der Waals surface area contributed by atoms with Crippen LogP contribution in [0.5, 0.6) is 0 Å². The van der Waals surface area contributed by atoms with Crippen molar-refractivity contribution in [1.82, 2.24) is 20.3 Å². The number of carbonyl (C=O) groups is 1. The second-order valence-electron chi connectivity index (χ2n) is 5.27. The zero-order valence-corrected chi connectivity index (χ0v) is 11.3. The van der Waals surface area contributed by atoms with E-state index in [0.717, 1.165) is 35.2 Å². The van der Waals surface area contributed by atoms with Gasteiger partial charge in [0.05, 0.1) is 6.54 Å². The Labute approximate surface area is 120 Å². The number of amides is 1. The van der Waals surface area contributed by atoms with Gasteiger partial charge in [-0.2, -0.15) is 0 Å². The van der Waals surface area contributed by atoms with Crippen molar-refractivity contribution in [1.29, 1.82) is 0 Å². The minimum atomic E-state index is -0.157. The van der Waals surface area contributed by atoms with Gasteiger partial charge in [-0.15, -0.1) is 0 Å². The Hall–Kier alpha value is -2.63. The maximum absolute atomic E-state index is 12.2. The van der Waals surface area contributed by atoms with E-state index in [4.69, 9.17) is 4.42 Å². The molecule has 0 saturated heterocycles. The van der Waals surface area contributed by atoms with Crippen molar-refractivity contribution in [3.05, 3.63) is 48.1 Å². The summed E-state index contributed by atoms with van der Waals surface area (Å²) in [5.41, 5.74) is 2.24. The first-order valence-corrected chi connectivity index (χ1v) is 6.94. The van der Waals surface area contributed by atoms with Crippen molar-refractivity contribution >= 4 is 16.8 Å². The Morgan fingerprint density at radius 3 is 3.19 bits per heavy atom. The van der Waals surface area contributed by atoms with Crippen molar-refractivity contribution in [2.75, 3.05) is 0 Å². The normalized spacial score (nSPS) is 14.5. The summed E-state index contributed by atoms with van der Waals surface area (Å²) in [4.78, 5) is 23.5. The van der Waals surface area contributed by atoms with E-state index in [2.05, 4.69) is 20.3 Å². The molecule has 2 N–H and O–H groups in total. The number of pyridine rings is 1. The van der Waals surface area contributed by atoms with Crippen LogP contribution < -0.4 is 5.32 Å². The Balaban J connectivity index is 1.49. The van der Waals surface area contributed by atoms with Gasteiger partial charge >= 0.3 is 0 Å². The van der Waals surface area contributed by atoms with Gasteiger partial charge < -0.3 is 14.7 Å². The number of aromatic amines is 1. The number of hydrogen-bond acceptors (Lipinski definition) is 4. The van der Waals surface area contributed by atoms with Crippen LogP contribution in [-0.4, -0.2) is 20.9 Å². The van der Waals surface area contributed by atoms with Crippen LogP contribution >= 0.6 is 0 Å². The highest BCUT2D eigenvalue weighted by Gasteiger charge is 2.30. The first-order valence-electron chi connectivity index (χ1n) is 6.94. The molecule has 0 unspecified atom stereocenters. The number of hydrogen-bond donors (Lipinski definition) is 2. The highest BCUT2D eigenvalue weighted by molar-refractivity contribution is 5.97. The van der Waals surface area contributed by atoms with Gasteiger partial charge in [0.2, 0.25) is 0 Å². The van der Waals surface area contributed by atoms with E-state index < -0.39 is 0 Å². The molecule has 1 saturated carbocycles. The zero-order valence-electron chi connectivity index (χ0n) is 11.3. The van der Waals surface area contributed by atoms with Gasteiger partial charge in [0, 0.05) is 29.2 Å². The maximum atomic E-state index is 12.2. The third kappa shape index (κ3) is 2.29. The van der Waals surface area contributed by atoms with Gasteiger partial charge in [0.15, 0.2) is 6.39 Å². The molecular formula is C15H14N4O2. The lowest BCUT2D eigenvalue weighted by Crippen LogP contribution is -2.23. The number of nitrogens with one attached hydrogen (secondary N) is 2. The van der Waals surface area contributed by atoms with E-state index in [1.54, 1.807) is 18.5 Å². The molecule has 0 spiro atoms. The molecule has 106 valence electrons. The molecule has 1 aliphatic carbocycles. The molecule has 0 radical (unpaired) electrons. The number of carbonyl (C=O) groups excluding carboxylic acids is 1. The van der Waals surface area contributed by atoms with E-state index in [-0.39, 0.29) is 5.91 Å². The molecule has 1 fully saturated rings. The molecule has 1 aliphatic rings. The predicted molar refractivity (Wildman–Crippen MR) is 75.7 cm³/mol. The number of nitrogens with zero attached hydrogens (tertiary/aromatic N) is 2. The topological polar surface area (TPSA) is 83.8 Å². The van der Waals surface area contributed by atoms with Gasteiger partial charge in [-0.25, -0.2) is 4.98 Å². The minimum absolute atomic E-state index is 0.157. The number of rotatable bonds is 4. The van der Waals surface area contributed by atoms with Crippen molar-refractivity contribution in [3.63, 3.8) is 0 Å². The molecular weight excluding hydrogens is 268 g/mol. The smallest absolute Gasteiger partial charge is 0.268 e. The second kappa shape index (κ2) is 4.73. The maximum Gasteiger partial charge on any atom is 0.268 e. The number of fused-ring (bicyclic) bond motifs is 1. The Bertz CT molecular complexity index is 768. The lowest BCUT2D eigenvalue weighted by atomic mass is 10.2. The highest BCUT2D eigenvalue weighted by atomic mass is 16.3. The van der Waals surface area contributed by atoms with E-state index in [0.29, 0.717) is 18.2 Å². The Morgan fingerprint density at radius 1 is 1.48 bits per heavy atom. The van der Waals surface area contributed by atoms with Crippen LogP contribution in [0, 0.1) is 0 Å². The molecule has 21 heavy (non-hydrogen) atoms. The summed E-state index contributed by atoms with van der Waals surface area (Å²) in [5.74, 6) is 1.24. The molecule has 6 nitrogen and oxygen atoms in total. The molecule has 0 aromatic carbocycles. The Morgan fingerprint density at radius 2 is 2.38 bits per heavy atom. The summed E-state index contributed by atoms with van der Waals surface area (Å²) in [6.07, 6.45) is 7.16. The van der Waals surface area contributed by atoms with Crippen LogP contribution in [-0.2, 0) is 6.54 Å². The quantitative estimate of drug-likeness (QED) is 0.769. The molecule has 4 rings (SSSR count). The Kier molecular flexibility index (Phi) is 2.73. The molecule has 6 heteroatoms. The molecule has 1 amide bonds. The fourth-order valence-electron chi connectivity index (χ4n) is 2.44. The fourth-order valence-corrected chi connectivity index (χ4v) is 2.44. The summed E-state index contributed by atoms with van der Waals surface area (Å²) in [6, 6.07) is 3.64. The highest BCUT2D eigenvalue weighted by Crippen LogP contribution is 2.41. The fraction of sp³-hybridized carbons (Fsp3) is 0.267. The first-order chi connectivity index (χ1) is 10.3. The van der Waals surface area contributed by atoms with Gasteiger partial charge in [0.25, 0.3) is 5.91 Å². The monoisotopic (exact) mass is 282 g/mol. The van der Waals surface area contributed by atoms with E-state index in [1.807, 2.05) is 6.07 Å². The van der Waals surface area contributed by atoms with Crippen LogP contribution in [0.2, 0.25) is 0 Å². The average Bonchev–Trinajstić information content (AvgIpc) is 3.09. The summed E-state index contributed by atoms with van der Waals surface area (Å²) >= 11 is 0. The second-order valence-corrected chi connectivity index (χ2v) is 5.27. The largest absolute Gasteiger partial charge is 0.448 e. The van der Waals surface area contributed by atoms with E-state index in [1.165, 1.54) is 6.39 Å². The SMILES string of the molecule is O=C(NCc1ncoc1C1CC1)c1cc2cnccc2[nH]1. The van der Waals surface area contributed by atoms with Gasteiger partial charge in [-0.1, -0.05) is 0 Å². The standard InChI is InChI=1S/C15H14N4O2/c20-15(12-5-10-6-16-4-3-11(10)19-12)17-7-13-14(9-1-2-9)21-8-18-13/h3-6,8-9,19H,1-2,7H2,(H,17,20). The van der Waals surface area contributed by atoms with Crippen LogP contribution in [0.15, 0.2) is 35.3 Å². The summed E-state index contributed by atoms with van der Waals surface area (Å²) < 4.78 is 5.40. The van der Waals surface area contributed by atoms with Crippen molar-refractivity contribution in [2.45, 2.75) is 25.3 Å². The lowest BCUT2D eigenvalue weighted by Gasteiger charge is -2.02. The zero-order chi connectivity index (χ0) is 14.2. The summed E-state index contributed by atoms with van der Waals surface area (Å²) in [5, 5.41) is 3.79. The van der Waals surface area contributed by atoms with Crippen LogP contribution in [0.1, 0.15) is 40.7 Å². The van der Waals surface area contributed by atoms with E-state index >= 15 is 0 Å². The molecule has 0 bridgehead atoms. The van der Waals surface area contributed by atoms with Gasteiger partial charge in [0.1, 0.15) is 17.1 Å². The first kappa shape index (κ1) is 12.1. The summed E-state index contributed by atoms with van der Waals surface area (Å²) in [6.45, 7) is 0.384.